The fourth-order valence-corrected chi connectivity index (χ4v) is 2.20. The van der Waals surface area contributed by atoms with Gasteiger partial charge in [-0.1, -0.05) is 0 Å². The minimum Gasteiger partial charge on any atom is -0.467 e. The molecule has 3 rings (SSSR count). The monoisotopic (exact) mass is 221 g/mol. The molecule has 1 saturated carbocycles. The molecule has 2 heterocycles. The number of amides is 1. The highest BCUT2D eigenvalue weighted by Crippen LogP contribution is 2.37. The van der Waals surface area contributed by atoms with Crippen LogP contribution < -0.4 is 0 Å². The van der Waals surface area contributed by atoms with E-state index in [9.17, 15) is 4.79 Å². The Kier molecular flexibility index (Phi) is 2.44. The first kappa shape index (κ1) is 9.90. The number of furan rings is 1. The van der Waals surface area contributed by atoms with Crippen LogP contribution in [0.15, 0.2) is 22.8 Å². The van der Waals surface area contributed by atoms with Crippen LogP contribution in [0.4, 0.5) is 0 Å². The standard InChI is InChI=1S/C12H15NO3/c14-12-10-7-11(10)16-6-2-4-13(12)8-9-3-1-5-15-9/h1,3,5,10-11H,2,4,6-8H2/t10-,11+/m1/s1. The third-order valence-corrected chi connectivity index (χ3v) is 3.19. The van der Waals surface area contributed by atoms with Gasteiger partial charge in [-0.25, -0.2) is 0 Å². The van der Waals surface area contributed by atoms with Gasteiger partial charge < -0.3 is 14.1 Å². The third-order valence-electron chi connectivity index (χ3n) is 3.19. The van der Waals surface area contributed by atoms with Crippen molar-refractivity contribution >= 4 is 5.91 Å². The lowest BCUT2D eigenvalue weighted by Crippen LogP contribution is -2.35. The summed E-state index contributed by atoms with van der Waals surface area (Å²) in [4.78, 5) is 14.0. The average Bonchev–Trinajstić information content (AvgIpc) is 2.84. The van der Waals surface area contributed by atoms with Crippen LogP contribution in [0, 0.1) is 5.92 Å². The van der Waals surface area contributed by atoms with Crippen molar-refractivity contribution in [3.8, 4) is 0 Å². The Morgan fingerprint density at radius 1 is 1.50 bits per heavy atom. The molecule has 16 heavy (non-hydrogen) atoms. The van der Waals surface area contributed by atoms with Gasteiger partial charge in [0.1, 0.15) is 5.76 Å². The number of nitrogens with zero attached hydrogens (tertiary/aromatic N) is 1. The Bertz CT molecular complexity index is 374. The first-order valence-electron chi connectivity index (χ1n) is 5.77. The van der Waals surface area contributed by atoms with E-state index >= 15 is 0 Å². The largest absolute Gasteiger partial charge is 0.467 e. The van der Waals surface area contributed by atoms with E-state index in [4.69, 9.17) is 9.15 Å². The highest BCUT2D eigenvalue weighted by Gasteiger charge is 2.46. The molecule has 0 bridgehead atoms. The smallest absolute Gasteiger partial charge is 0.228 e. The van der Waals surface area contributed by atoms with Crippen molar-refractivity contribution < 1.29 is 13.9 Å². The number of carbonyl (C=O) groups excluding carboxylic acids is 1. The third kappa shape index (κ3) is 1.85. The summed E-state index contributed by atoms with van der Waals surface area (Å²) in [7, 11) is 0. The Labute approximate surface area is 94.2 Å². The maximum absolute atomic E-state index is 12.1. The first-order valence-corrected chi connectivity index (χ1v) is 5.77. The summed E-state index contributed by atoms with van der Waals surface area (Å²) < 4.78 is 10.8. The van der Waals surface area contributed by atoms with Gasteiger partial charge in [0.05, 0.1) is 24.8 Å². The van der Waals surface area contributed by atoms with Gasteiger partial charge in [0, 0.05) is 13.2 Å². The van der Waals surface area contributed by atoms with E-state index in [2.05, 4.69) is 0 Å². The van der Waals surface area contributed by atoms with E-state index in [1.807, 2.05) is 17.0 Å². The molecule has 1 aromatic heterocycles. The van der Waals surface area contributed by atoms with Gasteiger partial charge in [-0.2, -0.15) is 0 Å². The summed E-state index contributed by atoms with van der Waals surface area (Å²) in [6.07, 6.45) is 3.64. The van der Waals surface area contributed by atoms with Crippen molar-refractivity contribution in [3.63, 3.8) is 0 Å². The van der Waals surface area contributed by atoms with Gasteiger partial charge in [-0.15, -0.1) is 0 Å². The zero-order valence-electron chi connectivity index (χ0n) is 9.09. The lowest BCUT2D eigenvalue weighted by molar-refractivity contribution is -0.136. The molecule has 1 aliphatic heterocycles. The Morgan fingerprint density at radius 2 is 2.44 bits per heavy atom. The molecular formula is C12H15NO3. The lowest BCUT2D eigenvalue weighted by atomic mass is 10.2. The lowest BCUT2D eigenvalue weighted by Gasteiger charge is -2.23. The summed E-state index contributed by atoms with van der Waals surface area (Å²) in [5, 5.41) is 0. The van der Waals surface area contributed by atoms with Crippen LogP contribution in [-0.2, 0) is 16.1 Å². The van der Waals surface area contributed by atoms with E-state index in [0.29, 0.717) is 6.54 Å². The van der Waals surface area contributed by atoms with Gasteiger partial charge in [0.15, 0.2) is 0 Å². The highest BCUT2D eigenvalue weighted by atomic mass is 16.5. The molecule has 1 saturated heterocycles. The number of hydrogen-bond donors (Lipinski definition) is 0. The second-order valence-corrected chi connectivity index (χ2v) is 4.44. The molecule has 1 amide bonds. The predicted octanol–water partition coefficient (Wildman–Crippen LogP) is 1.42. The molecule has 1 aromatic rings. The number of rotatable bonds is 2. The van der Waals surface area contributed by atoms with E-state index < -0.39 is 0 Å². The molecule has 2 atom stereocenters. The average molecular weight is 221 g/mol. The summed E-state index contributed by atoms with van der Waals surface area (Å²) >= 11 is 0. The fourth-order valence-electron chi connectivity index (χ4n) is 2.20. The molecule has 1 aliphatic carbocycles. The van der Waals surface area contributed by atoms with Crippen molar-refractivity contribution in [2.75, 3.05) is 13.2 Å². The molecule has 86 valence electrons. The maximum Gasteiger partial charge on any atom is 0.228 e. The summed E-state index contributed by atoms with van der Waals surface area (Å²) in [6, 6.07) is 3.76. The normalized spacial score (nSPS) is 29.5. The number of ether oxygens (including phenoxy) is 1. The molecule has 0 radical (unpaired) electrons. The Morgan fingerprint density at radius 3 is 3.25 bits per heavy atom. The minimum absolute atomic E-state index is 0.107. The van der Waals surface area contributed by atoms with E-state index in [1.54, 1.807) is 6.26 Å². The van der Waals surface area contributed by atoms with Crippen molar-refractivity contribution in [1.29, 1.82) is 0 Å². The maximum atomic E-state index is 12.1. The molecule has 0 unspecified atom stereocenters. The van der Waals surface area contributed by atoms with Crippen molar-refractivity contribution in [2.24, 2.45) is 5.92 Å². The van der Waals surface area contributed by atoms with Crippen molar-refractivity contribution in [1.82, 2.24) is 4.90 Å². The minimum atomic E-state index is 0.107. The number of carbonyl (C=O) groups is 1. The second kappa shape index (κ2) is 3.94. The molecular weight excluding hydrogens is 206 g/mol. The van der Waals surface area contributed by atoms with Crippen LogP contribution in [0.3, 0.4) is 0 Å². The van der Waals surface area contributed by atoms with E-state index in [0.717, 1.165) is 31.8 Å². The molecule has 4 nitrogen and oxygen atoms in total. The van der Waals surface area contributed by atoms with Crippen molar-refractivity contribution in [2.45, 2.75) is 25.5 Å². The van der Waals surface area contributed by atoms with Crippen molar-refractivity contribution in [3.05, 3.63) is 24.2 Å². The van der Waals surface area contributed by atoms with Gasteiger partial charge >= 0.3 is 0 Å². The highest BCUT2D eigenvalue weighted by molar-refractivity contribution is 5.82. The fraction of sp³-hybridized carbons (Fsp3) is 0.583. The molecule has 0 spiro atoms. The molecule has 2 fully saturated rings. The van der Waals surface area contributed by atoms with Crippen LogP contribution >= 0.6 is 0 Å². The zero-order chi connectivity index (χ0) is 11.0. The Hall–Kier alpha value is -1.29. The van der Waals surface area contributed by atoms with Crippen LogP contribution in [0.25, 0.3) is 0 Å². The van der Waals surface area contributed by atoms with E-state index in [-0.39, 0.29) is 17.9 Å². The van der Waals surface area contributed by atoms with Crippen LogP contribution in [0.2, 0.25) is 0 Å². The number of hydrogen-bond acceptors (Lipinski definition) is 3. The van der Waals surface area contributed by atoms with Gasteiger partial charge in [0.2, 0.25) is 5.91 Å². The van der Waals surface area contributed by atoms with Crippen LogP contribution in [-0.4, -0.2) is 30.1 Å². The quantitative estimate of drug-likeness (QED) is 0.758. The zero-order valence-corrected chi connectivity index (χ0v) is 9.09. The van der Waals surface area contributed by atoms with Gasteiger partial charge in [-0.3, -0.25) is 4.79 Å². The van der Waals surface area contributed by atoms with E-state index in [1.165, 1.54) is 0 Å². The van der Waals surface area contributed by atoms with Crippen LogP contribution in [0.1, 0.15) is 18.6 Å². The predicted molar refractivity (Wildman–Crippen MR) is 56.6 cm³/mol. The molecule has 0 aromatic carbocycles. The molecule has 0 N–H and O–H groups in total. The summed E-state index contributed by atoms with van der Waals surface area (Å²) in [5.74, 6) is 1.18. The summed E-state index contributed by atoms with van der Waals surface area (Å²) in [6.45, 7) is 2.13. The molecule has 2 aliphatic rings. The van der Waals surface area contributed by atoms with Gasteiger partial charge in [-0.05, 0) is 25.0 Å². The summed E-state index contributed by atoms with van der Waals surface area (Å²) in [5.41, 5.74) is 0. The SMILES string of the molecule is O=C1[C@@H]2C[C@@H]2OCCCN1Cc1ccco1. The van der Waals surface area contributed by atoms with Crippen LogP contribution in [0.5, 0.6) is 0 Å². The second-order valence-electron chi connectivity index (χ2n) is 4.44. The number of fused-ring (bicyclic) bond motifs is 1. The topological polar surface area (TPSA) is 42.7 Å². The Balaban J connectivity index is 1.69. The molecule has 4 heteroatoms. The van der Waals surface area contributed by atoms with Gasteiger partial charge in [0.25, 0.3) is 0 Å². The first-order chi connectivity index (χ1) is 7.84.